The zero-order valence-electron chi connectivity index (χ0n) is 4.89. The summed E-state index contributed by atoms with van der Waals surface area (Å²) in [4.78, 5) is 0. The van der Waals surface area contributed by atoms with E-state index in [1.165, 1.54) is 5.57 Å². The minimum absolute atomic E-state index is 0.191. The van der Waals surface area contributed by atoms with Crippen LogP contribution in [0.4, 0.5) is 0 Å². The third-order valence-electron chi connectivity index (χ3n) is 1.73. The van der Waals surface area contributed by atoms with Crippen molar-refractivity contribution in [1.29, 1.82) is 0 Å². The molecule has 0 radical (unpaired) electrons. The molecule has 1 atom stereocenters. The molecule has 44 valence electrons. The SMILES string of the molecule is OCC1=C2C=C=C=CC21. The van der Waals surface area contributed by atoms with Crippen molar-refractivity contribution in [3.63, 3.8) is 0 Å². The molecule has 0 fully saturated rings. The summed E-state index contributed by atoms with van der Waals surface area (Å²) in [6.07, 6.45) is 3.82. The van der Waals surface area contributed by atoms with Crippen LogP contribution in [0.5, 0.6) is 0 Å². The third kappa shape index (κ3) is 0.540. The van der Waals surface area contributed by atoms with E-state index < -0.39 is 0 Å². The molecule has 1 heteroatoms. The topological polar surface area (TPSA) is 20.2 Å². The molecule has 0 spiro atoms. The zero-order valence-corrected chi connectivity index (χ0v) is 4.89. The first-order valence-corrected chi connectivity index (χ1v) is 2.95. The number of rotatable bonds is 1. The maximum Gasteiger partial charge on any atom is 0.0657 e. The normalized spacial score (nSPS) is 27.0. The Morgan fingerprint density at radius 3 is 3.00 bits per heavy atom. The summed E-state index contributed by atoms with van der Waals surface area (Å²) < 4.78 is 0. The van der Waals surface area contributed by atoms with E-state index in [0.717, 1.165) is 5.57 Å². The van der Waals surface area contributed by atoms with Crippen molar-refractivity contribution in [2.24, 2.45) is 5.92 Å². The lowest BCUT2D eigenvalue weighted by atomic mass is 10.2. The average Bonchev–Trinajstić information content (AvgIpc) is 2.60. The van der Waals surface area contributed by atoms with Crippen LogP contribution in [0, 0.1) is 5.92 Å². The molecule has 0 heterocycles. The van der Waals surface area contributed by atoms with Gasteiger partial charge in [-0.1, -0.05) is 11.5 Å². The Bertz CT molecular complexity index is 271. The molecular formula is C8H6O. The fourth-order valence-electron chi connectivity index (χ4n) is 1.12. The Hall–Kier alpha value is -1.00. The molecule has 2 aliphatic rings. The van der Waals surface area contributed by atoms with Gasteiger partial charge in [0.2, 0.25) is 0 Å². The van der Waals surface area contributed by atoms with Gasteiger partial charge in [-0.05, 0) is 23.3 Å². The van der Waals surface area contributed by atoms with E-state index >= 15 is 0 Å². The van der Waals surface area contributed by atoms with Gasteiger partial charge < -0.3 is 5.11 Å². The minimum Gasteiger partial charge on any atom is -0.392 e. The lowest BCUT2D eigenvalue weighted by molar-refractivity contribution is 0.333. The van der Waals surface area contributed by atoms with Crippen molar-refractivity contribution in [1.82, 2.24) is 0 Å². The molecule has 0 aromatic rings. The molecule has 0 aromatic carbocycles. The molecule has 1 nitrogen and oxygen atoms in total. The molecule has 2 rings (SSSR count). The summed E-state index contributed by atoms with van der Waals surface area (Å²) >= 11 is 0. The van der Waals surface area contributed by atoms with Crippen molar-refractivity contribution in [3.8, 4) is 0 Å². The fraction of sp³-hybridized carbons (Fsp3) is 0.250. The first-order valence-electron chi connectivity index (χ1n) is 2.95. The Morgan fingerprint density at radius 2 is 2.44 bits per heavy atom. The van der Waals surface area contributed by atoms with Gasteiger partial charge >= 0.3 is 0 Å². The summed E-state index contributed by atoms with van der Waals surface area (Å²) in [6, 6.07) is 0. The molecule has 1 unspecified atom stereocenters. The van der Waals surface area contributed by atoms with Crippen LogP contribution in [0.25, 0.3) is 0 Å². The van der Waals surface area contributed by atoms with Gasteiger partial charge in [0.1, 0.15) is 0 Å². The van der Waals surface area contributed by atoms with Gasteiger partial charge in [0.25, 0.3) is 0 Å². The standard InChI is InChI=1S/C8H6O/c9-5-8-6-3-1-2-4-7(6)8/h3-4,6,9H,5H2. The monoisotopic (exact) mass is 118 g/mol. The highest BCUT2D eigenvalue weighted by Crippen LogP contribution is 2.41. The van der Waals surface area contributed by atoms with Gasteiger partial charge in [-0.15, -0.1) is 0 Å². The Morgan fingerprint density at radius 1 is 1.56 bits per heavy atom. The first kappa shape index (κ1) is 4.84. The lowest BCUT2D eigenvalue weighted by Gasteiger charge is -1.84. The fourth-order valence-corrected chi connectivity index (χ4v) is 1.12. The largest absolute Gasteiger partial charge is 0.392 e. The predicted octanol–water partition coefficient (Wildman–Crippen LogP) is 0.785. The maximum absolute atomic E-state index is 8.68. The van der Waals surface area contributed by atoms with Crippen LogP contribution in [0.1, 0.15) is 0 Å². The number of allylic oxidation sites excluding steroid dienone is 3. The molecule has 2 aliphatic carbocycles. The predicted molar refractivity (Wildman–Crippen MR) is 33.8 cm³/mol. The number of fused-ring (bicyclic) bond motifs is 1. The second kappa shape index (κ2) is 1.49. The van der Waals surface area contributed by atoms with Crippen molar-refractivity contribution in [3.05, 3.63) is 34.8 Å². The summed E-state index contributed by atoms with van der Waals surface area (Å²) in [7, 11) is 0. The van der Waals surface area contributed by atoms with Crippen molar-refractivity contribution in [2.45, 2.75) is 0 Å². The zero-order chi connectivity index (χ0) is 6.27. The van der Waals surface area contributed by atoms with Crippen LogP contribution in [0.3, 0.4) is 0 Å². The number of hydrogen-bond donors (Lipinski definition) is 1. The molecule has 0 saturated carbocycles. The van der Waals surface area contributed by atoms with E-state index in [-0.39, 0.29) is 6.61 Å². The number of hydrogen-bond acceptors (Lipinski definition) is 1. The molecule has 9 heavy (non-hydrogen) atoms. The Labute approximate surface area is 53.3 Å². The van der Waals surface area contributed by atoms with Crippen LogP contribution in [0.15, 0.2) is 34.8 Å². The van der Waals surface area contributed by atoms with E-state index in [0.29, 0.717) is 5.92 Å². The third-order valence-corrected chi connectivity index (χ3v) is 1.73. The average molecular weight is 118 g/mol. The van der Waals surface area contributed by atoms with Gasteiger partial charge in [0, 0.05) is 5.92 Å². The van der Waals surface area contributed by atoms with Gasteiger partial charge in [-0.25, -0.2) is 0 Å². The Balaban J connectivity index is 2.35. The molecule has 1 N–H and O–H groups in total. The first-order chi connectivity index (χ1) is 4.43. The second-order valence-electron chi connectivity index (χ2n) is 2.22. The maximum atomic E-state index is 8.68. The molecule has 0 bridgehead atoms. The van der Waals surface area contributed by atoms with Crippen molar-refractivity contribution in [2.75, 3.05) is 6.61 Å². The van der Waals surface area contributed by atoms with Crippen LogP contribution in [0.2, 0.25) is 0 Å². The van der Waals surface area contributed by atoms with Crippen molar-refractivity contribution < 1.29 is 5.11 Å². The van der Waals surface area contributed by atoms with E-state index in [1.54, 1.807) is 0 Å². The van der Waals surface area contributed by atoms with E-state index in [4.69, 9.17) is 5.11 Å². The van der Waals surface area contributed by atoms with Crippen LogP contribution in [-0.2, 0) is 0 Å². The molecule has 0 amide bonds. The van der Waals surface area contributed by atoms with Gasteiger partial charge in [0.05, 0.1) is 6.61 Å². The quantitative estimate of drug-likeness (QED) is 0.504. The van der Waals surface area contributed by atoms with Crippen LogP contribution >= 0.6 is 0 Å². The number of aliphatic hydroxyl groups excluding tert-OH is 1. The van der Waals surface area contributed by atoms with Crippen LogP contribution in [-0.4, -0.2) is 11.7 Å². The van der Waals surface area contributed by atoms with Gasteiger partial charge in [0.15, 0.2) is 0 Å². The highest BCUT2D eigenvalue weighted by molar-refractivity contribution is 5.53. The van der Waals surface area contributed by atoms with E-state index in [1.807, 2.05) is 12.2 Å². The summed E-state index contributed by atoms with van der Waals surface area (Å²) in [5.74, 6) is 0.413. The van der Waals surface area contributed by atoms with Gasteiger partial charge in [-0.3, -0.25) is 0 Å². The van der Waals surface area contributed by atoms with Crippen molar-refractivity contribution >= 4 is 0 Å². The molecular weight excluding hydrogens is 112 g/mol. The minimum atomic E-state index is 0.191. The molecule has 0 saturated heterocycles. The summed E-state index contributed by atoms with van der Waals surface area (Å²) in [5.41, 5.74) is 8.06. The summed E-state index contributed by atoms with van der Waals surface area (Å²) in [6.45, 7) is 0.191. The highest BCUT2D eigenvalue weighted by Gasteiger charge is 2.32. The lowest BCUT2D eigenvalue weighted by Crippen LogP contribution is -1.80. The Kier molecular flexibility index (Phi) is 0.802. The van der Waals surface area contributed by atoms with Gasteiger partial charge in [-0.2, -0.15) is 0 Å². The molecule has 0 aromatic heterocycles. The van der Waals surface area contributed by atoms with Crippen LogP contribution < -0.4 is 0 Å². The van der Waals surface area contributed by atoms with E-state index in [9.17, 15) is 0 Å². The number of aliphatic hydroxyl groups is 1. The second-order valence-corrected chi connectivity index (χ2v) is 2.22. The highest BCUT2D eigenvalue weighted by atomic mass is 16.3. The molecule has 0 aliphatic heterocycles. The van der Waals surface area contributed by atoms with E-state index in [2.05, 4.69) is 11.5 Å². The summed E-state index contributed by atoms with van der Waals surface area (Å²) in [5, 5.41) is 8.68. The smallest absolute Gasteiger partial charge is 0.0657 e.